The minimum Gasteiger partial charge on any atom is -0.496 e. The standard InChI is InChI=1S/C24H24N2O2S.ClH/c1-14-12-19(28-2)20(21-18-9-11-29-23(18)24(27)26-22(14)21)16-7-5-15(6-8-16)17-4-3-10-25-13-17;/h5-9,11-12,17,25H,3-4,10,13H2,1-2H3,(H,26,27);1H. The first-order valence-corrected chi connectivity index (χ1v) is 11.0. The molecule has 0 radical (unpaired) electrons. The van der Waals surface area contributed by atoms with E-state index in [0.717, 1.165) is 56.5 Å². The van der Waals surface area contributed by atoms with Gasteiger partial charge in [-0.2, -0.15) is 0 Å². The lowest BCUT2D eigenvalue weighted by Crippen LogP contribution is -2.28. The van der Waals surface area contributed by atoms with Crippen LogP contribution < -0.4 is 15.6 Å². The van der Waals surface area contributed by atoms with Crippen LogP contribution >= 0.6 is 23.7 Å². The Labute approximate surface area is 185 Å². The Morgan fingerprint density at radius 2 is 1.97 bits per heavy atom. The first kappa shape index (κ1) is 20.9. The van der Waals surface area contributed by atoms with Crippen LogP contribution in [0, 0.1) is 6.92 Å². The van der Waals surface area contributed by atoms with Gasteiger partial charge in [0.05, 0.1) is 12.6 Å². The number of hydrogen-bond acceptors (Lipinski definition) is 4. The molecule has 4 nitrogen and oxygen atoms in total. The molecular weight excluding hydrogens is 416 g/mol. The zero-order valence-corrected chi connectivity index (χ0v) is 18.7. The van der Waals surface area contributed by atoms with E-state index in [1.807, 2.05) is 24.4 Å². The van der Waals surface area contributed by atoms with E-state index in [-0.39, 0.29) is 18.0 Å². The molecule has 3 heterocycles. The summed E-state index contributed by atoms with van der Waals surface area (Å²) in [5.41, 5.74) is 5.40. The molecule has 2 N–H and O–H groups in total. The minimum atomic E-state index is -0.0261. The molecule has 2 aromatic carbocycles. The van der Waals surface area contributed by atoms with Gasteiger partial charge in [0.15, 0.2) is 0 Å². The maximum absolute atomic E-state index is 12.5. The molecule has 30 heavy (non-hydrogen) atoms. The van der Waals surface area contributed by atoms with Crippen molar-refractivity contribution in [3.05, 3.63) is 63.3 Å². The monoisotopic (exact) mass is 440 g/mol. The summed E-state index contributed by atoms with van der Waals surface area (Å²) in [5.74, 6) is 1.41. The van der Waals surface area contributed by atoms with Crippen molar-refractivity contribution in [2.45, 2.75) is 25.7 Å². The number of hydrogen-bond donors (Lipinski definition) is 2. The van der Waals surface area contributed by atoms with Gasteiger partial charge in [0.25, 0.3) is 5.56 Å². The van der Waals surface area contributed by atoms with E-state index in [4.69, 9.17) is 4.74 Å². The zero-order valence-electron chi connectivity index (χ0n) is 17.1. The summed E-state index contributed by atoms with van der Waals surface area (Å²) in [6.07, 6.45) is 2.46. The predicted octanol–water partition coefficient (Wildman–Crippen LogP) is 5.62. The van der Waals surface area contributed by atoms with Crippen LogP contribution in [-0.2, 0) is 0 Å². The Hall–Kier alpha value is -2.34. The van der Waals surface area contributed by atoms with Gasteiger partial charge in [0.1, 0.15) is 10.4 Å². The molecule has 156 valence electrons. The molecule has 6 heteroatoms. The highest BCUT2D eigenvalue weighted by Crippen LogP contribution is 2.42. The second-order valence-electron chi connectivity index (χ2n) is 7.80. The molecule has 1 fully saturated rings. The van der Waals surface area contributed by atoms with Crippen molar-refractivity contribution in [2.24, 2.45) is 0 Å². The van der Waals surface area contributed by atoms with E-state index < -0.39 is 0 Å². The van der Waals surface area contributed by atoms with E-state index in [1.165, 1.54) is 29.7 Å². The van der Waals surface area contributed by atoms with Gasteiger partial charge in [-0.1, -0.05) is 24.3 Å². The number of aromatic nitrogens is 1. The van der Waals surface area contributed by atoms with Crippen molar-refractivity contribution in [3.8, 4) is 16.9 Å². The van der Waals surface area contributed by atoms with Crippen molar-refractivity contribution in [1.29, 1.82) is 0 Å². The summed E-state index contributed by atoms with van der Waals surface area (Å²) >= 11 is 1.48. The summed E-state index contributed by atoms with van der Waals surface area (Å²) < 4.78 is 6.55. The Kier molecular flexibility index (Phi) is 5.87. The van der Waals surface area contributed by atoms with Crippen LogP contribution in [0.4, 0.5) is 0 Å². The molecule has 1 atom stereocenters. The van der Waals surface area contributed by atoms with E-state index in [1.54, 1.807) is 7.11 Å². The Balaban J connectivity index is 0.00000218. The molecule has 1 saturated heterocycles. The molecule has 0 aliphatic carbocycles. The number of pyridine rings is 1. The van der Waals surface area contributed by atoms with E-state index in [0.29, 0.717) is 5.92 Å². The highest BCUT2D eigenvalue weighted by molar-refractivity contribution is 7.17. The molecule has 1 aliphatic heterocycles. The average molecular weight is 441 g/mol. The van der Waals surface area contributed by atoms with Crippen molar-refractivity contribution in [1.82, 2.24) is 10.3 Å². The quantitative estimate of drug-likeness (QED) is 0.435. The topological polar surface area (TPSA) is 54.1 Å². The Bertz CT molecular complexity index is 1250. The van der Waals surface area contributed by atoms with Gasteiger partial charge in [-0.05, 0) is 66.4 Å². The van der Waals surface area contributed by atoms with E-state index in [2.05, 4.69) is 34.6 Å². The fraction of sp³-hybridized carbons (Fsp3) is 0.292. The predicted molar refractivity (Wildman–Crippen MR) is 129 cm³/mol. The van der Waals surface area contributed by atoms with Crippen molar-refractivity contribution in [3.63, 3.8) is 0 Å². The van der Waals surface area contributed by atoms with Crippen LogP contribution in [0.25, 0.3) is 32.1 Å². The summed E-state index contributed by atoms with van der Waals surface area (Å²) in [4.78, 5) is 15.6. The normalized spacial score (nSPS) is 16.5. The highest BCUT2D eigenvalue weighted by atomic mass is 35.5. The molecule has 0 saturated carbocycles. The largest absolute Gasteiger partial charge is 0.496 e. The number of thiophene rings is 1. The van der Waals surface area contributed by atoms with Crippen LogP contribution in [0.3, 0.4) is 0 Å². The molecular formula is C24H25ClN2O2S. The summed E-state index contributed by atoms with van der Waals surface area (Å²) in [6, 6.07) is 12.9. The Morgan fingerprint density at radius 1 is 1.17 bits per heavy atom. The number of aromatic amines is 1. The zero-order chi connectivity index (χ0) is 20.0. The van der Waals surface area contributed by atoms with Crippen LogP contribution in [0.2, 0.25) is 0 Å². The molecule has 0 amide bonds. The van der Waals surface area contributed by atoms with Crippen LogP contribution in [0.5, 0.6) is 5.75 Å². The molecule has 1 unspecified atom stereocenters. The first-order valence-electron chi connectivity index (χ1n) is 10.1. The molecule has 0 spiro atoms. The van der Waals surface area contributed by atoms with E-state index >= 15 is 0 Å². The first-order chi connectivity index (χ1) is 14.2. The maximum Gasteiger partial charge on any atom is 0.266 e. The van der Waals surface area contributed by atoms with Gasteiger partial charge in [-0.25, -0.2) is 0 Å². The number of piperidine rings is 1. The lowest BCUT2D eigenvalue weighted by molar-refractivity contribution is 0.416. The summed E-state index contributed by atoms with van der Waals surface area (Å²) in [7, 11) is 1.71. The third kappa shape index (κ3) is 3.41. The van der Waals surface area contributed by atoms with Crippen molar-refractivity contribution >= 4 is 44.7 Å². The van der Waals surface area contributed by atoms with Gasteiger partial charge in [-0.3, -0.25) is 4.79 Å². The summed E-state index contributed by atoms with van der Waals surface area (Å²) in [6.45, 7) is 4.19. The maximum atomic E-state index is 12.5. The molecule has 4 aromatic rings. The van der Waals surface area contributed by atoms with Crippen molar-refractivity contribution in [2.75, 3.05) is 20.2 Å². The van der Waals surface area contributed by atoms with Gasteiger partial charge >= 0.3 is 0 Å². The van der Waals surface area contributed by atoms with Crippen LogP contribution in [0.15, 0.2) is 46.6 Å². The Morgan fingerprint density at radius 3 is 2.67 bits per heavy atom. The highest BCUT2D eigenvalue weighted by Gasteiger charge is 2.19. The third-order valence-electron chi connectivity index (χ3n) is 6.06. The number of aryl methyl sites for hydroxylation is 1. The minimum absolute atomic E-state index is 0. The van der Waals surface area contributed by atoms with Crippen molar-refractivity contribution < 1.29 is 4.74 Å². The second kappa shape index (κ2) is 8.42. The average Bonchev–Trinajstić information content (AvgIpc) is 3.26. The van der Waals surface area contributed by atoms with E-state index in [9.17, 15) is 4.79 Å². The SMILES string of the molecule is COc1cc(C)c2[nH]c(=O)c3sccc3c2c1-c1ccc(C2CCCNC2)cc1.Cl. The number of nitrogens with one attached hydrogen (secondary N) is 2. The number of rotatable bonds is 3. The van der Waals surface area contributed by atoms with Gasteiger partial charge < -0.3 is 15.0 Å². The van der Waals surface area contributed by atoms with Gasteiger partial charge in [-0.15, -0.1) is 23.7 Å². The van der Waals surface area contributed by atoms with Crippen LogP contribution in [-0.4, -0.2) is 25.2 Å². The number of fused-ring (bicyclic) bond motifs is 3. The fourth-order valence-electron chi connectivity index (χ4n) is 4.57. The third-order valence-corrected chi connectivity index (χ3v) is 6.97. The van der Waals surface area contributed by atoms with Gasteiger partial charge in [0.2, 0.25) is 0 Å². The smallest absolute Gasteiger partial charge is 0.266 e. The molecule has 2 aromatic heterocycles. The number of benzene rings is 2. The van der Waals surface area contributed by atoms with Crippen LogP contribution in [0.1, 0.15) is 29.9 Å². The number of methoxy groups -OCH3 is 1. The number of ether oxygens (including phenoxy) is 1. The molecule has 1 aliphatic rings. The second-order valence-corrected chi connectivity index (χ2v) is 8.72. The fourth-order valence-corrected chi connectivity index (χ4v) is 5.37. The molecule has 0 bridgehead atoms. The van der Waals surface area contributed by atoms with Gasteiger partial charge in [0, 0.05) is 22.9 Å². The summed E-state index contributed by atoms with van der Waals surface area (Å²) in [5, 5.41) is 7.53. The number of halogens is 1. The molecule has 5 rings (SSSR count). The lowest BCUT2D eigenvalue weighted by atomic mass is 9.89. The number of H-pyrrole nitrogens is 1. The lowest BCUT2D eigenvalue weighted by Gasteiger charge is -2.23.